The molecular formula is C17H12N3O3-. The zero-order chi connectivity index (χ0) is 16.0. The molecule has 0 saturated carbocycles. The van der Waals surface area contributed by atoms with Crippen molar-refractivity contribution in [2.75, 3.05) is 7.11 Å². The van der Waals surface area contributed by atoms with E-state index in [4.69, 9.17) is 4.74 Å². The topological polar surface area (TPSA) is 80.1 Å². The lowest BCUT2D eigenvalue weighted by Gasteiger charge is -2.07. The molecule has 0 atom stereocenters. The third-order valence-corrected chi connectivity index (χ3v) is 3.84. The second-order valence-electron chi connectivity index (χ2n) is 5.23. The number of carbonyl (C=O) groups excluding carboxylic acids is 1. The van der Waals surface area contributed by atoms with Crippen LogP contribution in [-0.2, 0) is 11.3 Å². The number of carboxylic acid groups (broad SMARTS) is 1. The van der Waals surface area contributed by atoms with Crippen LogP contribution < -0.4 is 9.84 Å². The maximum atomic E-state index is 11.1. The van der Waals surface area contributed by atoms with Crippen LogP contribution in [0.2, 0.25) is 0 Å². The molecule has 6 nitrogen and oxygen atoms in total. The van der Waals surface area contributed by atoms with Gasteiger partial charge in [0, 0.05) is 5.39 Å². The van der Waals surface area contributed by atoms with E-state index >= 15 is 0 Å². The number of nitrogens with zero attached hydrogens (tertiary/aromatic N) is 3. The number of aromatic nitrogens is 3. The number of carboxylic acids is 1. The Kier molecular flexibility index (Phi) is 2.90. The molecular weight excluding hydrogens is 294 g/mol. The zero-order valence-corrected chi connectivity index (χ0v) is 12.3. The van der Waals surface area contributed by atoms with Gasteiger partial charge in [0.1, 0.15) is 11.3 Å². The van der Waals surface area contributed by atoms with Gasteiger partial charge in [-0.3, -0.25) is 0 Å². The second-order valence-corrected chi connectivity index (χ2v) is 5.23. The predicted octanol–water partition coefficient (Wildman–Crippen LogP) is 1.50. The summed E-state index contributed by atoms with van der Waals surface area (Å²) in [6.07, 6.45) is 0. The van der Waals surface area contributed by atoms with E-state index in [1.54, 1.807) is 17.7 Å². The first-order valence-corrected chi connectivity index (χ1v) is 7.10. The Labute approximate surface area is 130 Å². The van der Waals surface area contributed by atoms with Crippen molar-refractivity contribution in [1.82, 2.24) is 14.5 Å². The van der Waals surface area contributed by atoms with Gasteiger partial charge in [-0.05, 0) is 30.3 Å². The summed E-state index contributed by atoms with van der Waals surface area (Å²) in [5.41, 5.74) is 3.39. The van der Waals surface area contributed by atoms with Gasteiger partial charge in [0.15, 0.2) is 5.65 Å². The summed E-state index contributed by atoms with van der Waals surface area (Å²) in [4.78, 5) is 20.4. The predicted molar refractivity (Wildman–Crippen MR) is 84.1 cm³/mol. The molecule has 0 fully saturated rings. The fourth-order valence-corrected chi connectivity index (χ4v) is 2.83. The molecule has 6 heteroatoms. The van der Waals surface area contributed by atoms with Crippen molar-refractivity contribution in [2.24, 2.45) is 0 Å². The van der Waals surface area contributed by atoms with Crippen molar-refractivity contribution in [3.8, 4) is 5.75 Å². The highest BCUT2D eigenvalue weighted by Gasteiger charge is 2.15. The van der Waals surface area contributed by atoms with Gasteiger partial charge in [0.05, 0.1) is 36.2 Å². The molecule has 2 aromatic carbocycles. The van der Waals surface area contributed by atoms with E-state index < -0.39 is 5.97 Å². The average Bonchev–Trinajstić information content (AvgIpc) is 2.85. The van der Waals surface area contributed by atoms with Gasteiger partial charge in [-0.1, -0.05) is 12.1 Å². The number of rotatable bonds is 3. The Hall–Kier alpha value is -3.15. The maximum absolute atomic E-state index is 11.1. The van der Waals surface area contributed by atoms with Gasteiger partial charge in [-0.2, -0.15) is 0 Å². The Morgan fingerprint density at radius 2 is 1.91 bits per heavy atom. The molecule has 0 unspecified atom stereocenters. The lowest BCUT2D eigenvalue weighted by Crippen LogP contribution is -2.27. The molecule has 0 N–H and O–H groups in total. The van der Waals surface area contributed by atoms with Crippen molar-refractivity contribution >= 4 is 39.1 Å². The van der Waals surface area contributed by atoms with Crippen LogP contribution in [0.25, 0.3) is 33.1 Å². The summed E-state index contributed by atoms with van der Waals surface area (Å²) in [7, 11) is 1.59. The van der Waals surface area contributed by atoms with Crippen LogP contribution in [0.3, 0.4) is 0 Å². The fraction of sp³-hybridized carbons (Fsp3) is 0.118. The van der Waals surface area contributed by atoms with E-state index in [0.717, 1.165) is 21.9 Å². The fourth-order valence-electron chi connectivity index (χ4n) is 2.83. The summed E-state index contributed by atoms with van der Waals surface area (Å²) >= 11 is 0. The Bertz CT molecular complexity index is 1070. The van der Waals surface area contributed by atoms with Crippen LogP contribution in [0, 0.1) is 0 Å². The molecule has 0 aliphatic carbocycles. The standard InChI is InChI=1S/C17H13N3O3/c1-23-10-6-7-14-11(8-10)16-17(20(14)9-15(21)22)19-13-5-3-2-4-12(13)18-16/h2-8H,9H2,1H3,(H,21,22)/p-1. The Morgan fingerprint density at radius 1 is 1.17 bits per heavy atom. The number of para-hydroxylation sites is 2. The minimum atomic E-state index is -1.17. The quantitative estimate of drug-likeness (QED) is 0.573. The first-order valence-electron chi connectivity index (χ1n) is 7.10. The van der Waals surface area contributed by atoms with Gasteiger partial charge >= 0.3 is 0 Å². The Balaban J connectivity index is 2.17. The summed E-state index contributed by atoms with van der Waals surface area (Å²) in [5, 5.41) is 11.9. The molecule has 0 aliphatic heterocycles. The maximum Gasteiger partial charge on any atom is 0.160 e. The lowest BCUT2D eigenvalue weighted by molar-refractivity contribution is -0.306. The van der Waals surface area contributed by atoms with Crippen LogP contribution in [0.5, 0.6) is 5.75 Å². The summed E-state index contributed by atoms with van der Waals surface area (Å²) < 4.78 is 6.87. The van der Waals surface area contributed by atoms with Crippen LogP contribution in [-0.4, -0.2) is 27.6 Å². The van der Waals surface area contributed by atoms with Gasteiger partial charge in [0.2, 0.25) is 0 Å². The highest BCUT2D eigenvalue weighted by molar-refractivity contribution is 6.07. The molecule has 0 bridgehead atoms. The average molecular weight is 306 g/mol. The molecule has 2 heterocycles. The molecule has 0 radical (unpaired) electrons. The second kappa shape index (κ2) is 4.95. The Morgan fingerprint density at radius 3 is 2.61 bits per heavy atom. The number of carbonyl (C=O) groups is 1. The smallest absolute Gasteiger partial charge is 0.160 e. The van der Waals surface area contributed by atoms with E-state index in [1.165, 1.54) is 0 Å². The van der Waals surface area contributed by atoms with E-state index in [1.807, 2.05) is 36.4 Å². The molecule has 114 valence electrons. The van der Waals surface area contributed by atoms with Crippen molar-refractivity contribution in [1.29, 1.82) is 0 Å². The summed E-state index contributed by atoms with van der Waals surface area (Å²) in [5.74, 6) is -0.491. The van der Waals surface area contributed by atoms with E-state index in [-0.39, 0.29) is 6.54 Å². The van der Waals surface area contributed by atoms with Crippen molar-refractivity contribution < 1.29 is 14.6 Å². The van der Waals surface area contributed by atoms with E-state index in [2.05, 4.69) is 9.97 Å². The van der Waals surface area contributed by atoms with Crippen LogP contribution in [0.1, 0.15) is 0 Å². The monoisotopic (exact) mass is 306 g/mol. The third-order valence-electron chi connectivity index (χ3n) is 3.84. The minimum Gasteiger partial charge on any atom is -0.548 e. The van der Waals surface area contributed by atoms with Crippen LogP contribution in [0.4, 0.5) is 0 Å². The van der Waals surface area contributed by atoms with Gasteiger partial charge in [-0.25, -0.2) is 9.97 Å². The normalized spacial score (nSPS) is 11.3. The van der Waals surface area contributed by atoms with Gasteiger partial charge in [0.25, 0.3) is 0 Å². The number of benzene rings is 2. The molecule has 0 amide bonds. The van der Waals surface area contributed by atoms with E-state index in [0.29, 0.717) is 16.9 Å². The first-order chi connectivity index (χ1) is 11.2. The van der Waals surface area contributed by atoms with Crippen molar-refractivity contribution in [3.05, 3.63) is 42.5 Å². The zero-order valence-electron chi connectivity index (χ0n) is 12.3. The lowest BCUT2D eigenvalue weighted by atomic mass is 10.2. The molecule has 2 aromatic heterocycles. The van der Waals surface area contributed by atoms with Gasteiger partial charge in [-0.15, -0.1) is 0 Å². The summed E-state index contributed by atoms with van der Waals surface area (Å²) in [6.45, 7) is -0.278. The van der Waals surface area contributed by atoms with Crippen LogP contribution >= 0.6 is 0 Å². The number of hydrogen-bond donors (Lipinski definition) is 0. The minimum absolute atomic E-state index is 0.278. The SMILES string of the molecule is COc1ccc2c(c1)c1nc3ccccc3nc1n2CC(=O)[O-]. The third kappa shape index (κ3) is 2.07. The molecule has 23 heavy (non-hydrogen) atoms. The molecule has 0 saturated heterocycles. The van der Waals surface area contributed by atoms with Crippen LogP contribution in [0.15, 0.2) is 42.5 Å². The molecule has 4 rings (SSSR count). The number of ether oxygens (including phenoxy) is 1. The largest absolute Gasteiger partial charge is 0.548 e. The summed E-state index contributed by atoms with van der Waals surface area (Å²) in [6, 6.07) is 12.9. The first kappa shape index (κ1) is 13.5. The highest BCUT2D eigenvalue weighted by Crippen LogP contribution is 2.30. The van der Waals surface area contributed by atoms with Crippen molar-refractivity contribution in [3.63, 3.8) is 0 Å². The molecule has 4 aromatic rings. The van der Waals surface area contributed by atoms with Crippen molar-refractivity contribution in [2.45, 2.75) is 6.54 Å². The number of fused-ring (bicyclic) bond motifs is 4. The van der Waals surface area contributed by atoms with Gasteiger partial charge < -0.3 is 19.2 Å². The number of hydrogen-bond acceptors (Lipinski definition) is 5. The van der Waals surface area contributed by atoms with E-state index in [9.17, 15) is 9.90 Å². The molecule has 0 aliphatic rings. The highest BCUT2D eigenvalue weighted by atomic mass is 16.5. The number of methoxy groups -OCH3 is 1. The number of aliphatic carboxylic acids is 1. The molecule has 0 spiro atoms.